The first kappa shape index (κ1) is 10.7. The van der Waals surface area contributed by atoms with Gasteiger partial charge in [-0.05, 0) is 47.0 Å². The quantitative estimate of drug-likeness (QED) is 0.659. The van der Waals surface area contributed by atoms with Crippen molar-refractivity contribution < 1.29 is 4.79 Å². The van der Waals surface area contributed by atoms with Crippen molar-refractivity contribution in [2.75, 3.05) is 5.73 Å². The van der Waals surface area contributed by atoms with E-state index in [1.165, 1.54) is 12.8 Å². The minimum absolute atomic E-state index is 0.227. The molecule has 15 heavy (non-hydrogen) atoms. The number of hydrogen-bond acceptors (Lipinski definition) is 2. The average molecular weight is 268 g/mol. The summed E-state index contributed by atoms with van der Waals surface area (Å²) in [6.45, 7) is 0. The summed E-state index contributed by atoms with van der Waals surface area (Å²) < 4.78 is 0.819. The van der Waals surface area contributed by atoms with Gasteiger partial charge in [0.15, 0.2) is 5.78 Å². The van der Waals surface area contributed by atoms with Gasteiger partial charge in [-0.15, -0.1) is 0 Å². The van der Waals surface area contributed by atoms with Crippen LogP contribution < -0.4 is 5.73 Å². The van der Waals surface area contributed by atoms with Crippen molar-refractivity contribution in [2.24, 2.45) is 5.92 Å². The summed E-state index contributed by atoms with van der Waals surface area (Å²) in [4.78, 5) is 12.1. The van der Waals surface area contributed by atoms with Gasteiger partial charge < -0.3 is 5.73 Å². The van der Waals surface area contributed by atoms with E-state index in [1.807, 2.05) is 6.07 Å². The second-order valence-corrected chi connectivity index (χ2v) is 4.94. The van der Waals surface area contributed by atoms with Crippen molar-refractivity contribution >= 4 is 27.4 Å². The van der Waals surface area contributed by atoms with Crippen LogP contribution in [0.2, 0.25) is 0 Å². The van der Waals surface area contributed by atoms with Crippen LogP contribution >= 0.6 is 15.9 Å². The highest BCUT2D eigenvalue weighted by atomic mass is 79.9. The Kier molecular flexibility index (Phi) is 3.10. The van der Waals surface area contributed by atoms with Gasteiger partial charge in [-0.25, -0.2) is 0 Å². The summed E-state index contributed by atoms with van der Waals surface area (Å²) in [5.74, 6) is 0.490. The lowest BCUT2D eigenvalue weighted by molar-refractivity contribution is 0.0922. The minimum atomic E-state index is 0.227. The molecule has 0 amide bonds. The number of hydrogen-bond donors (Lipinski definition) is 1. The van der Waals surface area contributed by atoms with Crippen LogP contribution in [-0.2, 0) is 0 Å². The van der Waals surface area contributed by atoms with Crippen LogP contribution in [0.25, 0.3) is 0 Å². The fourth-order valence-electron chi connectivity index (χ4n) is 2.14. The summed E-state index contributed by atoms with van der Waals surface area (Å²) in [6, 6.07) is 5.40. The fraction of sp³-hybridized carbons (Fsp3) is 0.417. The molecule has 1 fully saturated rings. The molecule has 2 nitrogen and oxygen atoms in total. The molecular weight excluding hydrogens is 254 g/mol. The zero-order valence-electron chi connectivity index (χ0n) is 8.50. The topological polar surface area (TPSA) is 43.1 Å². The SMILES string of the molecule is Nc1ccc(C(=O)C2CCCC2)c(Br)c1. The number of nitrogens with two attached hydrogens (primary N) is 1. The lowest BCUT2D eigenvalue weighted by Crippen LogP contribution is -2.11. The number of carbonyl (C=O) groups is 1. The first-order valence-electron chi connectivity index (χ1n) is 5.27. The molecule has 1 aromatic carbocycles. The molecule has 0 saturated heterocycles. The standard InChI is InChI=1S/C12H14BrNO/c13-11-7-9(14)5-6-10(11)12(15)8-3-1-2-4-8/h5-8H,1-4,14H2. The number of benzene rings is 1. The van der Waals surface area contributed by atoms with E-state index in [1.54, 1.807) is 12.1 Å². The second-order valence-electron chi connectivity index (χ2n) is 4.08. The van der Waals surface area contributed by atoms with Crippen LogP contribution in [0.5, 0.6) is 0 Å². The van der Waals surface area contributed by atoms with Gasteiger partial charge in [0.2, 0.25) is 0 Å². The third-order valence-corrected chi connectivity index (χ3v) is 3.64. The molecule has 0 aromatic heterocycles. The van der Waals surface area contributed by atoms with Gasteiger partial charge in [0.1, 0.15) is 0 Å². The van der Waals surface area contributed by atoms with Crippen molar-refractivity contribution in [3.8, 4) is 0 Å². The third-order valence-electron chi connectivity index (χ3n) is 2.98. The molecule has 3 heteroatoms. The molecule has 0 spiro atoms. The predicted octanol–water partition coefficient (Wildman–Crippen LogP) is 3.40. The van der Waals surface area contributed by atoms with Gasteiger partial charge in [-0.3, -0.25) is 4.79 Å². The van der Waals surface area contributed by atoms with Gasteiger partial charge in [-0.1, -0.05) is 12.8 Å². The highest BCUT2D eigenvalue weighted by Crippen LogP contribution is 2.31. The van der Waals surface area contributed by atoms with Crippen molar-refractivity contribution in [1.29, 1.82) is 0 Å². The molecule has 0 atom stereocenters. The monoisotopic (exact) mass is 267 g/mol. The first-order valence-corrected chi connectivity index (χ1v) is 6.07. The Labute approximate surface area is 98.0 Å². The Balaban J connectivity index is 2.24. The molecule has 0 bridgehead atoms. The van der Waals surface area contributed by atoms with E-state index in [-0.39, 0.29) is 11.7 Å². The van der Waals surface area contributed by atoms with Gasteiger partial charge in [0, 0.05) is 21.6 Å². The van der Waals surface area contributed by atoms with E-state index in [9.17, 15) is 4.79 Å². The molecule has 80 valence electrons. The number of carbonyl (C=O) groups excluding carboxylic acids is 1. The lowest BCUT2D eigenvalue weighted by atomic mass is 9.96. The molecule has 0 aliphatic heterocycles. The van der Waals surface area contributed by atoms with Crippen LogP contribution in [0.4, 0.5) is 5.69 Å². The van der Waals surface area contributed by atoms with Crippen LogP contribution in [0.1, 0.15) is 36.0 Å². The van der Waals surface area contributed by atoms with Gasteiger partial charge in [-0.2, -0.15) is 0 Å². The molecular formula is C12H14BrNO. The van der Waals surface area contributed by atoms with Gasteiger partial charge >= 0.3 is 0 Å². The van der Waals surface area contributed by atoms with Crippen molar-refractivity contribution in [3.05, 3.63) is 28.2 Å². The molecule has 1 aromatic rings. The number of rotatable bonds is 2. The highest BCUT2D eigenvalue weighted by molar-refractivity contribution is 9.10. The normalized spacial score (nSPS) is 16.9. The molecule has 0 radical (unpaired) electrons. The van der Waals surface area contributed by atoms with Crippen molar-refractivity contribution in [3.63, 3.8) is 0 Å². The summed E-state index contributed by atoms with van der Waals surface area (Å²) in [5.41, 5.74) is 7.10. The zero-order valence-corrected chi connectivity index (χ0v) is 10.1. The van der Waals surface area contributed by atoms with E-state index < -0.39 is 0 Å². The first-order chi connectivity index (χ1) is 7.18. The van der Waals surface area contributed by atoms with Crippen molar-refractivity contribution in [1.82, 2.24) is 0 Å². The second kappa shape index (κ2) is 4.35. The maximum absolute atomic E-state index is 12.1. The number of ketones is 1. The Bertz CT molecular complexity index is 383. The number of anilines is 1. The molecule has 0 heterocycles. The largest absolute Gasteiger partial charge is 0.399 e. The predicted molar refractivity (Wildman–Crippen MR) is 64.8 cm³/mol. The summed E-state index contributed by atoms with van der Waals surface area (Å²) in [7, 11) is 0. The van der Waals surface area contributed by atoms with Crippen LogP contribution in [0.15, 0.2) is 22.7 Å². The Morgan fingerprint density at radius 1 is 1.33 bits per heavy atom. The zero-order chi connectivity index (χ0) is 10.8. The Hall–Kier alpha value is -0.830. The Morgan fingerprint density at radius 3 is 2.60 bits per heavy atom. The number of Topliss-reactive ketones (excluding diaryl/α,β-unsaturated/α-hetero) is 1. The number of nitrogen functional groups attached to an aromatic ring is 1. The third kappa shape index (κ3) is 2.23. The fourth-order valence-corrected chi connectivity index (χ4v) is 2.73. The smallest absolute Gasteiger partial charge is 0.167 e. The van der Waals surface area contributed by atoms with Crippen molar-refractivity contribution in [2.45, 2.75) is 25.7 Å². The molecule has 2 N–H and O–H groups in total. The van der Waals surface area contributed by atoms with Crippen LogP contribution in [0, 0.1) is 5.92 Å². The average Bonchev–Trinajstić information content (AvgIpc) is 2.69. The minimum Gasteiger partial charge on any atom is -0.399 e. The molecule has 1 aliphatic carbocycles. The molecule has 1 aliphatic rings. The van der Waals surface area contributed by atoms with Gasteiger partial charge in [0.25, 0.3) is 0 Å². The molecule has 1 saturated carbocycles. The van der Waals surface area contributed by atoms with E-state index in [4.69, 9.17) is 5.73 Å². The maximum atomic E-state index is 12.1. The number of halogens is 1. The summed E-state index contributed by atoms with van der Waals surface area (Å²) >= 11 is 3.39. The van der Waals surface area contributed by atoms with E-state index >= 15 is 0 Å². The molecule has 0 unspecified atom stereocenters. The lowest BCUT2D eigenvalue weighted by Gasteiger charge is -2.09. The highest BCUT2D eigenvalue weighted by Gasteiger charge is 2.24. The maximum Gasteiger partial charge on any atom is 0.167 e. The van der Waals surface area contributed by atoms with E-state index in [0.29, 0.717) is 5.69 Å². The Morgan fingerprint density at radius 2 is 2.00 bits per heavy atom. The summed E-state index contributed by atoms with van der Waals surface area (Å²) in [5, 5.41) is 0. The van der Waals surface area contributed by atoms with Gasteiger partial charge in [0.05, 0.1) is 0 Å². The van der Waals surface area contributed by atoms with Crippen LogP contribution in [-0.4, -0.2) is 5.78 Å². The van der Waals surface area contributed by atoms with Crippen LogP contribution in [0.3, 0.4) is 0 Å². The molecule has 2 rings (SSSR count). The summed E-state index contributed by atoms with van der Waals surface area (Å²) in [6.07, 6.45) is 4.44. The van der Waals surface area contributed by atoms with E-state index in [2.05, 4.69) is 15.9 Å². The van der Waals surface area contributed by atoms with E-state index in [0.717, 1.165) is 22.9 Å².